The molecule has 46 heavy (non-hydrogen) atoms. The number of benzene rings is 2. The van der Waals surface area contributed by atoms with E-state index in [0.29, 0.717) is 22.9 Å². The van der Waals surface area contributed by atoms with Crippen LogP contribution in [0.25, 0.3) is 31.9 Å². The molecule has 4 nitrogen and oxygen atoms in total. The molecule has 0 spiro atoms. The highest BCUT2D eigenvalue weighted by Crippen LogP contribution is 2.42. The van der Waals surface area contributed by atoms with Gasteiger partial charge in [-0.05, 0) is 12.8 Å². The zero-order valence-corrected chi connectivity index (χ0v) is 28.2. The molecule has 0 unspecified atom stereocenters. The molecule has 2 aromatic carbocycles. The molecule has 4 rings (SSSR count). The molecule has 0 saturated heterocycles. The first-order chi connectivity index (χ1) is 22.3. The topological polar surface area (TPSA) is 51.6 Å². The first-order valence-corrected chi connectivity index (χ1v) is 18.2. The second-order valence-electron chi connectivity index (χ2n) is 11.8. The maximum Gasteiger partial charge on any atom is 0.172 e. The van der Waals surface area contributed by atoms with E-state index in [-0.39, 0.29) is 10.0 Å². The van der Waals surface area contributed by atoms with Gasteiger partial charge in [0, 0.05) is 12.8 Å². The van der Waals surface area contributed by atoms with E-state index in [4.69, 9.17) is 0 Å². The number of rotatable bonds is 20. The summed E-state index contributed by atoms with van der Waals surface area (Å²) < 4.78 is 92.8. The van der Waals surface area contributed by atoms with Crippen molar-refractivity contribution < 1.29 is 26.3 Å². The average Bonchev–Trinajstić information content (AvgIpc) is 3.70. The highest BCUT2D eigenvalue weighted by Gasteiger charge is 2.33. The van der Waals surface area contributed by atoms with Gasteiger partial charge in [-0.3, -0.25) is 0 Å². The van der Waals surface area contributed by atoms with E-state index in [1.54, 1.807) is 0 Å². The van der Waals surface area contributed by atoms with E-state index in [0.717, 1.165) is 74.0 Å². The second-order valence-corrected chi connectivity index (χ2v) is 14.0. The molecule has 0 fully saturated rings. The number of hydrogen-bond donors (Lipinski definition) is 0. The number of aryl methyl sites for hydroxylation is 2. The lowest BCUT2D eigenvalue weighted by Crippen LogP contribution is -2.05. The van der Waals surface area contributed by atoms with Gasteiger partial charge in [0.1, 0.15) is 21.6 Å². The van der Waals surface area contributed by atoms with E-state index in [1.807, 2.05) is 0 Å². The molecule has 0 radical (unpaired) electrons. The summed E-state index contributed by atoms with van der Waals surface area (Å²) in [5.41, 5.74) is -2.00. The Morgan fingerprint density at radius 1 is 0.391 bits per heavy atom. The van der Waals surface area contributed by atoms with Crippen LogP contribution in [-0.4, -0.2) is 20.4 Å². The maximum absolute atomic E-state index is 15.7. The fourth-order valence-electron chi connectivity index (χ4n) is 5.62. The summed E-state index contributed by atoms with van der Waals surface area (Å²) in [5, 5.41) is 13.2. The predicted molar refractivity (Wildman–Crippen MR) is 174 cm³/mol. The molecule has 4 aromatic rings. The molecule has 12 heteroatoms. The van der Waals surface area contributed by atoms with E-state index in [9.17, 15) is 0 Å². The number of unbranched alkanes of at least 4 members (excludes halogenated alkanes) is 14. The van der Waals surface area contributed by atoms with Gasteiger partial charge in [-0.15, -0.1) is 20.4 Å². The Morgan fingerprint density at radius 3 is 1.07 bits per heavy atom. The Bertz CT molecular complexity index is 1460. The van der Waals surface area contributed by atoms with Crippen LogP contribution in [0.5, 0.6) is 0 Å². The van der Waals surface area contributed by atoms with Crippen LogP contribution in [0.15, 0.2) is 0 Å². The van der Waals surface area contributed by atoms with Crippen LogP contribution in [0.1, 0.15) is 127 Å². The Hall–Kier alpha value is -2.60. The summed E-state index contributed by atoms with van der Waals surface area (Å²) >= 11 is 1.68. The third-order valence-electron chi connectivity index (χ3n) is 8.24. The fraction of sp³-hybridized carbons (Fsp3) is 0.588. The third-order valence-corrected chi connectivity index (χ3v) is 10.2. The predicted octanol–water partition coefficient (Wildman–Crippen LogP) is 12.1. The van der Waals surface area contributed by atoms with Crippen LogP contribution < -0.4 is 0 Å². The first-order valence-electron chi connectivity index (χ1n) is 16.6. The molecule has 2 aromatic heterocycles. The summed E-state index contributed by atoms with van der Waals surface area (Å²) in [7, 11) is 0. The van der Waals surface area contributed by atoms with E-state index < -0.39 is 56.8 Å². The van der Waals surface area contributed by atoms with Crippen LogP contribution in [0, 0.1) is 34.9 Å². The Morgan fingerprint density at radius 2 is 0.717 bits per heavy atom. The fourth-order valence-corrected chi connectivity index (χ4v) is 7.45. The van der Waals surface area contributed by atoms with E-state index >= 15 is 26.3 Å². The molecule has 0 aliphatic heterocycles. The zero-order chi connectivity index (χ0) is 33.1. The number of aromatic nitrogens is 4. The van der Waals surface area contributed by atoms with Gasteiger partial charge in [-0.1, -0.05) is 126 Å². The van der Waals surface area contributed by atoms with Crippen LogP contribution in [0.4, 0.5) is 26.3 Å². The van der Waals surface area contributed by atoms with Gasteiger partial charge in [0.15, 0.2) is 33.3 Å². The lowest BCUT2D eigenvalue weighted by molar-refractivity contribution is 0.486. The van der Waals surface area contributed by atoms with Gasteiger partial charge in [0.2, 0.25) is 0 Å². The first kappa shape index (κ1) is 36.2. The SMILES string of the molecule is CCCCCCCCCCc1nnc(-c2c(F)c(F)c3c(F)c(-c4nnc(CCCCCCCCCC)s4)c(F)c(F)c3c2F)s1. The van der Waals surface area contributed by atoms with Crippen molar-refractivity contribution in [1.29, 1.82) is 0 Å². The molecular formula is C34H42F6N4S2. The van der Waals surface area contributed by atoms with Crippen molar-refractivity contribution in [1.82, 2.24) is 20.4 Å². The molecule has 0 N–H and O–H groups in total. The highest BCUT2D eigenvalue weighted by atomic mass is 32.1. The van der Waals surface area contributed by atoms with Crippen LogP contribution in [0.2, 0.25) is 0 Å². The maximum atomic E-state index is 15.7. The van der Waals surface area contributed by atoms with Crippen LogP contribution >= 0.6 is 22.7 Å². The highest BCUT2D eigenvalue weighted by molar-refractivity contribution is 7.15. The monoisotopic (exact) mass is 684 g/mol. The minimum absolute atomic E-state index is 0.329. The van der Waals surface area contributed by atoms with Gasteiger partial charge in [-0.25, -0.2) is 26.3 Å². The van der Waals surface area contributed by atoms with Crippen molar-refractivity contribution in [2.75, 3.05) is 0 Å². The summed E-state index contributed by atoms with van der Waals surface area (Å²) in [5.74, 6) is -10.5. The molecule has 0 aliphatic rings. The number of fused-ring (bicyclic) bond motifs is 1. The Labute approximate surface area is 275 Å². The van der Waals surface area contributed by atoms with Crippen LogP contribution in [0.3, 0.4) is 0 Å². The molecule has 0 amide bonds. The number of halogens is 6. The summed E-state index contributed by atoms with van der Waals surface area (Å²) in [6, 6.07) is 0. The normalized spacial score (nSPS) is 11.7. The van der Waals surface area contributed by atoms with Crippen molar-refractivity contribution in [3.05, 3.63) is 44.9 Å². The van der Waals surface area contributed by atoms with Gasteiger partial charge in [-0.2, -0.15) is 0 Å². The quantitative estimate of drug-likeness (QED) is 0.0528. The summed E-state index contributed by atoms with van der Waals surface area (Å²) in [4.78, 5) is 0. The van der Waals surface area contributed by atoms with Gasteiger partial charge in [0.05, 0.1) is 21.9 Å². The van der Waals surface area contributed by atoms with Crippen molar-refractivity contribution in [2.24, 2.45) is 0 Å². The summed E-state index contributed by atoms with van der Waals surface area (Å²) in [6.45, 7) is 4.33. The Balaban J connectivity index is 1.50. The molecule has 0 saturated carbocycles. The average molecular weight is 685 g/mol. The standard InChI is InChI=1S/C34H42F6N4S2/c1-3-5-7-9-11-13-15-17-19-21-41-43-33(45-21)25-27(35)23-24(29(37)31(25)39)28(36)26(32(40)30(23)38)34-44-42-22(46-34)20-18-16-14-12-10-8-6-4-2/h3-20H2,1-2H3. The van der Waals surface area contributed by atoms with Crippen molar-refractivity contribution in [3.8, 4) is 21.1 Å². The third kappa shape index (κ3) is 8.85. The molecule has 2 heterocycles. The lowest BCUT2D eigenvalue weighted by Gasteiger charge is -2.12. The van der Waals surface area contributed by atoms with E-state index in [1.165, 1.54) is 51.4 Å². The minimum atomic E-state index is -1.84. The number of nitrogens with zero attached hydrogens (tertiary/aromatic N) is 4. The molecule has 0 atom stereocenters. The van der Waals surface area contributed by atoms with E-state index in [2.05, 4.69) is 34.2 Å². The smallest absolute Gasteiger partial charge is 0.172 e. The second kappa shape index (κ2) is 18.1. The number of hydrogen-bond acceptors (Lipinski definition) is 6. The van der Waals surface area contributed by atoms with Gasteiger partial charge < -0.3 is 0 Å². The molecule has 0 bridgehead atoms. The van der Waals surface area contributed by atoms with Crippen molar-refractivity contribution in [3.63, 3.8) is 0 Å². The molecule has 252 valence electrons. The lowest BCUT2D eigenvalue weighted by atomic mass is 10.00. The Kier molecular flexibility index (Phi) is 14.2. The van der Waals surface area contributed by atoms with Crippen LogP contribution in [-0.2, 0) is 12.8 Å². The molecular weight excluding hydrogens is 643 g/mol. The van der Waals surface area contributed by atoms with Gasteiger partial charge >= 0.3 is 0 Å². The van der Waals surface area contributed by atoms with Crippen molar-refractivity contribution >= 4 is 33.4 Å². The summed E-state index contributed by atoms with van der Waals surface area (Å²) in [6.07, 6.45) is 18.5. The molecule has 0 aliphatic carbocycles. The van der Waals surface area contributed by atoms with Gasteiger partial charge in [0.25, 0.3) is 0 Å². The van der Waals surface area contributed by atoms with Crippen molar-refractivity contribution in [2.45, 2.75) is 129 Å². The minimum Gasteiger partial charge on any atom is -0.205 e. The largest absolute Gasteiger partial charge is 0.205 e. The zero-order valence-electron chi connectivity index (χ0n) is 26.6.